The highest BCUT2D eigenvalue weighted by molar-refractivity contribution is 5.89. The van der Waals surface area contributed by atoms with E-state index in [0.29, 0.717) is 11.5 Å². The van der Waals surface area contributed by atoms with Crippen molar-refractivity contribution in [2.24, 2.45) is 0 Å². The second kappa shape index (κ2) is 8.40. The fourth-order valence-corrected chi connectivity index (χ4v) is 3.15. The number of amides is 2. The van der Waals surface area contributed by atoms with Crippen LogP contribution in [-0.2, 0) is 6.54 Å². The number of carbonyl (C=O) groups excluding carboxylic acids is 1. The molecule has 1 heterocycles. The number of anilines is 1. The molecular weight excluding hydrogens is 389 g/mol. The van der Waals surface area contributed by atoms with E-state index in [1.165, 1.54) is 28.9 Å². The van der Waals surface area contributed by atoms with E-state index < -0.39 is 6.03 Å². The minimum absolute atomic E-state index is 0.165. The quantitative estimate of drug-likeness (QED) is 0.625. The molecule has 1 fully saturated rings. The van der Waals surface area contributed by atoms with Gasteiger partial charge in [0.05, 0.1) is 13.7 Å². The average Bonchev–Trinajstić information content (AvgIpc) is 3.54. The third-order valence-corrected chi connectivity index (χ3v) is 4.84. The predicted molar refractivity (Wildman–Crippen MR) is 110 cm³/mol. The molecule has 2 aromatic carbocycles. The van der Waals surface area contributed by atoms with Gasteiger partial charge in [0.25, 0.3) is 0 Å². The van der Waals surface area contributed by atoms with Gasteiger partial charge >= 0.3 is 11.7 Å². The summed E-state index contributed by atoms with van der Waals surface area (Å²) in [5.41, 5.74) is 1.12. The summed E-state index contributed by atoms with van der Waals surface area (Å²) in [4.78, 5) is 24.8. The van der Waals surface area contributed by atoms with Crippen molar-refractivity contribution in [3.8, 4) is 17.1 Å². The molecule has 3 aromatic rings. The van der Waals surface area contributed by atoms with E-state index in [-0.39, 0.29) is 30.6 Å². The monoisotopic (exact) mass is 411 g/mol. The highest BCUT2D eigenvalue weighted by atomic mass is 19.1. The average molecular weight is 411 g/mol. The summed E-state index contributed by atoms with van der Waals surface area (Å²) in [5.74, 6) is 0.968. The number of benzene rings is 2. The second-order valence-electron chi connectivity index (χ2n) is 7.05. The minimum atomic E-state index is -0.438. The molecule has 1 aromatic heterocycles. The van der Waals surface area contributed by atoms with E-state index in [1.807, 2.05) is 24.3 Å². The Balaban J connectivity index is 1.43. The number of rotatable bonds is 7. The number of carbonyl (C=O) groups is 1. The molecule has 2 amide bonds. The van der Waals surface area contributed by atoms with Crippen LogP contribution in [0.1, 0.15) is 18.9 Å². The Kier molecular flexibility index (Phi) is 5.51. The zero-order valence-corrected chi connectivity index (χ0v) is 16.5. The van der Waals surface area contributed by atoms with Gasteiger partial charge in [-0.1, -0.05) is 0 Å². The number of hydrogen-bond donors (Lipinski definition) is 2. The first-order valence-corrected chi connectivity index (χ1v) is 9.69. The number of aromatic nitrogens is 3. The Labute approximate surface area is 172 Å². The van der Waals surface area contributed by atoms with Gasteiger partial charge in [-0.05, 0) is 61.4 Å². The molecule has 8 nitrogen and oxygen atoms in total. The first-order valence-electron chi connectivity index (χ1n) is 9.69. The third-order valence-electron chi connectivity index (χ3n) is 4.84. The van der Waals surface area contributed by atoms with Crippen LogP contribution in [0.4, 0.5) is 14.9 Å². The largest absolute Gasteiger partial charge is 0.497 e. The van der Waals surface area contributed by atoms with Gasteiger partial charge in [0.15, 0.2) is 5.82 Å². The summed E-state index contributed by atoms with van der Waals surface area (Å²) in [6.45, 7) is 0.454. The van der Waals surface area contributed by atoms with Crippen LogP contribution >= 0.6 is 0 Å². The maximum atomic E-state index is 12.9. The molecule has 0 spiro atoms. The van der Waals surface area contributed by atoms with Crippen molar-refractivity contribution in [3.05, 3.63) is 64.8 Å². The Bertz CT molecular complexity index is 1090. The summed E-state index contributed by atoms with van der Waals surface area (Å²) < 4.78 is 21.2. The molecular formula is C21H22FN5O3. The lowest BCUT2D eigenvalue weighted by atomic mass is 10.2. The number of urea groups is 1. The lowest BCUT2D eigenvalue weighted by Gasteiger charge is -2.07. The molecule has 0 atom stereocenters. The molecule has 4 rings (SSSR count). The number of nitrogens with one attached hydrogen (secondary N) is 2. The summed E-state index contributed by atoms with van der Waals surface area (Å²) >= 11 is 0. The van der Waals surface area contributed by atoms with Gasteiger partial charge < -0.3 is 15.4 Å². The Morgan fingerprint density at radius 3 is 2.50 bits per heavy atom. The molecule has 0 unspecified atom stereocenters. The zero-order valence-electron chi connectivity index (χ0n) is 16.5. The molecule has 0 saturated heterocycles. The smallest absolute Gasteiger partial charge is 0.346 e. The summed E-state index contributed by atoms with van der Waals surface area (Å²) in [7, 11) is 1.60. The van der Waals surface area contributed by atoms with Crippen molar-refractivity contribution in [1.82, 2.24) is 19.7 Å². The van der Waals surface area contributed by atoms with Gasteiger partial charge in [0.2, 0.25) is 0 Å². The third kappa shape index (κ3) is 4.35. The van der Waals surface area contributed by atoms with Crippen LogP contribution in [0, 0.1) is 5.82 Å². The molecule has 1 aliphatic rings. The van der Waals surface area contributed by atoms with E-state index >= 15 is 0 Å². The maximum absolute atomic E-state index is 12.9. The number of halogens is 1. The van der Waals surface area contributed by atoms with Crippen molar-refractivity contribution >= 4 is 11.7 Å². The molecule has 0 bridgehead atoms. The molecule has 1 saturated carbocycles. The molecule has 0 aliphatic heterocycles. The first kappa shape index (κ1) is 19.7. The normalized spacial score (nSPS) is 13.1. The van der Waals surface area contributed by atoms with Crippen LogP contribution in [0.15, 0.2) is 53.3 Å². The van der Waals surface area contributed by atoms with Gasteiger partial charge in [-0.3, -0.25) is 4.57 Å². The Hall–Kier alpha value is -3.62. The number of hydrogen-bond acceptors (Lipinski definition) is 4. The highest BCUT2D eigenvalue weighted by Gasteiger charge is 2.30. The fraction of sp³-hybridized carbons (Fsp3) is 0.286. The van der Waals surface area contributed by atoms with Gasteiger partial charge in [0, 0.05) is 23.8 Å². The van der Waals surface area contributed by atoms with Gasteiger partial charge in [-0.15, -0.1) is 5.10 Å². The molecule has 1 aliphatic carbocycles. The lowest BCUT2D eigenvalue weighted by molar-refractivity contribution is 0.251. The van der Waals surface area contributed by atoms with E-state index in [4.69, 9.17) is 4.74 Å². The maximum Gasteiger partial charge on any atom is 0.346 e. The van der Waals surface area contributed by atoms with Crippen molar-refractivity contribution < 1.29 is 13.9 Å². The summed E-state index contributed by atoms with van der Waals surface area (Å²) in [5, 5.41) is 9.79. The van der Waals surface area contributed by atoms with Crippen LogP contribution < -0.4 is 21.1 Å². The number of ether oxygens (including phenoxy) is 1. The van der Waals surface area contributed by atoms with Crippen LogP contribution in [0.2, 0.25) is 0 Å². The topological polar surface area (TPSA) is 90.2 Å². The van der Waals surface area contributed by atoms with Crippen molar-refractivity contribution in [3.63, 3.8) is 0 Å². The van der Waals surface area contributed by atoms with Gasteiger partial charge in [-0.25, -0.2) is 18.7 Å². The summed E-state index contributed by atoms with van der Waals surface area (Å²) in [6.07, 6.45) is 1.90. The van der Waals surface area contributed by atoms with Crippen molar-refractivity contribution in [1.29, 1.82) is 0 Å². The first-order chi connectivity index (χ1) is 14.5. The molecule has 0 radical (unpaired) electrons. The SMILES string of the molecule is COc1ccc(-c2nn(CCNC(=O)Nc3ccc(F)cc3)c(=O)n2C2CC2)cc1. The Morgan fingerprint density at radius 2 is 1.87 bits per heavy atom. The fourth-order valence-electron chi connectivity index (χ4n) is 3.15. The van der Waals surface area contributed by atoms with Gasteiger partial charge in [-0.2, -0.15) is 0 Å². The van der Waals surface area contributed by atoms with E-state index in [1.54, 1.807) is 11.7 Å². The molecule has 9 heteroatoms. The van der Waals surface area contributed by atoms with Crippen LogP contribution in [0.3, 0.4) is 0 Å². The van der Waals surface area contributed by atoms with E-state index in [0.717, 1.165) is 24.2 Å². The van der Waals surface area contributed by atoms with Crippen LogP contribution in [-0.4, -0.2) is 34.0 Å². The predicted octanol–water partition coefficient (Wildman–Crippen LogP) is 3.02. The van der Waals surface area contributed by atoms with Crippen LogP contribution in [0.5, 0.6) is 5.75 Å². The minimum Gasteiger partial charge on any atom is -0.497 e. The van der Waals surface area contributed by atoms with Gasteiger partial charge in [0.1, 0.15) is 11.6 Å². The standard InChI is InChI=1S/C21H22FN5O3/c1-30-18-10-2-14(3-11-18)19-25-26(21(29)27(19)17-8-9-17)13-12-23-20(28)24-16-6-4-15(22)5-7-16/h2-7,10-11,17H,8-9,12-13H2,1H3,(H2,23,24,28). The van der Waals surface area contributed by atoms with E-state index in [2.05, 4.69) is 15.7 Å². The molecule has 30 heavy (non-hydrogen) atoms. The number of nitrogens with zero attached hydrogens (tertiary/aromatic N) is 3. The van der Waals surface area contributed by atoms with Crippen molar-refractivity contribution in [2.75, 3.05) is 19.0 Å². The highest BCUT2D eigenvalue weighted by Crippen LogP contribution is 2.36. The number of methoxy groups -OCH3 is 1. The summed E-state index contributed by atoms with van der Waals surface area (Å²) in [6, 6.07) is 12.6. The Morgan fingerprint density at radius 1 is 1.17 bits per heavy atom. The second-order valence-corrected chi connectivity index (χ2v) is 7.05. The van der Waals surface area contributed by atoms with E-state index in [9.17, 15) is 14.0 Å². The molecule has 2 N–H and O–H groups in total. The zero-order chi connectivity index (χ0) is 21.1. The van der Waals surface area contributed by atoms with Crippen LogP contribution in [0.25, 0.3) is 11.4 Å². The van der Waals surface area contributed by atoms with Crippen molar-refractivity contribution in [2.45, 2.75) is 25.4 Å². The molecule has 156 valence electrons. The lowest BCUT2D eigenvalue weighted by Crippen LogP contribution is -2.34.